The monoisotopic (exact) mass is 186 g/mol. The van der Waals surface area contributed by atoms with Crippen molar-refractivity contribution in [3.63, 3.8) is 0 Å². The van der Waals surface area contributed by atoms with Crippen molar-refractivity contribution in [2.24, 2.45) is 5.41 Å². The molecular weight excluding hydrogens is 172 g/mol. The standard InChI is InChI=1S/C9H14O4/c1-9(7(11)8(12)13)5-3-2-4-6(9)10/h7,11H,2-5H2,1H3,(H,12,13)/t7-,9-/m0/s1. The Balaban J connectivity index is 2.83. The maximum absolute atomic E-state index is 11.4. The molecule has 0 aromatic carbocycles. The van der Waals surface area contributed by atoms with Gasteiger partial charge in [0.2, 0.25) is 0 Å². The van der Waals surface area contributed by atoms with Gasteiger partial charge in [-0.15, -0.1) is 0 Å². The second-order valence-corrected chi connectivity index (χ2v) is 3.79. The molecule has 0 bridgehead atoms. The van der Waals surface area contributed by atoms with Crippen LogP contribution in [0.1, 0.15) is 32.6 Å². The van der Waals surface area contributed by atoms with Crippen LogP contribution in [-0.4, -0.2) is 28.1 Å². The molecule has 1 rings (SSSR count). The normalized spacial score (nSPS) is 31.4. The predicted molar refractivity (Wildman–Crippen MR) is 45.2 cm³/mol. The third kappa shape index (κ3) is 1.72. The fourth-order valence-corrected chi connectivity index (χ4v) is 1.76. The number of rotatable bonds is 2. The lowest BCUT2D eigenvalue weighted by molar-refractivity contribution is -0.161. The third-order valence-electron chi connectivity index (χ3n) is 2.82. The average Bonchev–Trinajstić information content (AvgIpc) is 2.09. The number of aliphatic hydroxyl groups excluding tert-OH is 1. The molecule has 2 N–H and O–H groups in total. The minimum atomic E-state index is -1.56. The second-order valence-electron chi connectivity index (χ2n) is 3.79. The van der Waals surface area contributed by atoms with Gasteiger partial charge in [0, 0.05) is 6.42 Å². The molecule has 4 nitrogen and oxygen atoms in total. The number of hydrogen-bond donors (Lipinski definition) is 2. The fourth-order valence-electron chi connectivity index (χ4n) is 1.76. The van der Waals surface area contributed by atoms with Crippen LogP contribution in [0.5, 0.6) is 0 Å². The lowest BCUT2D eigenvalue weighted by Crippen LogP contribution is -2.46. The van der Waals surface area contributed by atoms with E-state index in [0.717, 1.165) is 12.8 Å². The number of aliphatic carboxylic acids is 1. The first-order valence-electron chi connectivity index (χ1n) is 4.42. The van der Waals surface area contributed by atoms with Crippen LogP contribution in [0.4, 0.5) is 0 Å². The highest BCUT2D eigenvalue weighted by molar-refractivity contribution is 5.91. The summed E-state index contributed by atoms with van der Waals surface area (Å²) in [6.45, 7) is 1.54. The van der Waals surface area contributed by atoms with Gasteiger partial charge in [0.1, 0.15) is 5.78 Å². The summed E-state index contributed by atoms with van der Waals surface area (Å²) in [5, 5.41) is 18.0. The number of aliphatic hydroxyl groups is 1. The second kappa shape index (κ2) is 3.46. The number of carbonyl (C=O) groups is 2. The molecule has 0 amide bonds. The zero-order valence-electron chi connectivity index (χ0n) is 7.62. The minimum Gasteiger partial charge on any atom is -0.479 e. The Morgan fingerprint density at radius 2 is 2.15 bits per heavy atom. The van der Waals surface area contributed by atoms with E-state index in [1.807, 2.05) is 0 Å². The molecule has 0 aliphatic heterocycles. The highest BCUT2D eigenvalue weighted by Gasteiger charge is 2.44. The van der Waals surface area contributed by atoms with Crippen LogP contribution in [0.3, 0.4) is 0 Å². The number of hydrogen-bond acceptors (Lipinski definition) is 3. The molecule has 0 aromatic rings. The van der Waals surface area contributed by atoms with Crippen LogP contribution < -0.4 is 0 Å². The van der Waals surface area contributed by atoms with Gasteiger partial charge in [-0.05, 0) is 19.8 Å². The number of carboxylic acids is 1. The van der Waals surface area contributed by atoms with E-state index in [9.17, 15) is 14.7 Å². The van der Waals surface area contributed by atoms with Crippen molar-refractivity contribution in [2.75, 3.05) is 0 Å². The number of carbonyl (C=O) groups excluding carboxylic acids is 1. The molecule has 0 unspecified atom stereocenters. The van der Waals surface area contributed by atoms with E-state index in [-0.39, 0.29) is 5.78 Å². The van der Waals surface area contributed by atoms with Gasteiger partial charge in [-0.25, -0.2) is 4.79 Å². The third-order valence-corrected chi connectivity index (χ3v) is 2.82. The summed E-state index contributed by atoms with van der Waals surface area (Å²) < 4.78 is 0. The highest BCUT2D eigenvalue weighted by atomic mass is 16.4. The largest absolute Gasteiger partial charge is 0.479 e. The Labute approximate surface area is 76.6 Å². The fraction of sp³-hybridized carbons (Fsp3) is 0.778. The van der Waals surface area contributed by atoms with Crippen LogP contribution in [0.15, 0.2) is 0 Å². The summed E-state index contributed by atoms with van der Waals surface area (Å²) in [6, 6.07) is 0. The van der Waals surface area contributed by atoms with E-state index in [2.05, 4.69) is 0 Å². The zero-order valence-corrected chi connectivity index (χ0v) is 7.62. The van der Waals surface area contributed by atoms with E-state index in [1.54, 1.807) is 0 Å². The summed E-state index contributed by atoms with van der Waals surface area (Å²) in [5.41, 5.74) is -1.07. The molecule has 74 valence electrons. The molecule has 0 aromatic heterocycles. The number of carboxylic acid groups (broad SMARTS) is 1. The Bertz CT molecular complexity index is 236. The quantitative estimate of drug-likeness (QED) is 0.661. The summed E-state index contributed by atoms with van der Waals surface area (Å²) in [4.78, 5) is 22.0. The van der Waals surface area contributed by atoms with E-state index in [0.29, 0.717) is 12.8 Å². The van der Waals surface area contributed by atoms with Gasteiger partial charge in [0.25, 0.3) is 0 Å². The first-order valence-corrected chi connectivity index (χ1v) is 4.42. The molecule has 0 radical (unpaired) electrons. The van der Waals surface area contributed by atoms with Crippen LogP contribution in [0, 0.1) is 5.41 Å². The molecular formula is C9H14O4. The zero-order chi connectivity index (χ0) is 10.1. The molecule has 13 heavy (non-hydrogen) atoms. The van der Waals surface area contributed by atoms with Crippen molar-refractivity contribution >= 4 is 11.8 Å². The Morgan fingerprint density at radius 1 is 1.54 bits per heavy atom. The van der Waals surface area contributed by atoms with Gasteiger partial charge in [-0.3, -0.25) is 4.79 Å². The smallest absolute Gasteiger partial charge is 0.333 e. The van der Waals surface area contributed by atoms with Crippen molar-refractivity contribution < 1.29 is 19.8 Å². The maximum atomic E-state index is 11.4. The van der Waals surface area contributed by atoms with Crippen LogP contribution in [0.2, 0.25) is 0 Å². The maximum Gasteiger partial charge on any atom is 0.333 e. The Morgan fingerprint density at radius 3 is 2.62 bits per heavy atom. The lowest BCUT2D eigenvalue weighted by Gasteiger charge is -2.33. The van der Waals surface area contributed by atoms with Crippen LogP contribution >= 0.6 is 0 Å². The number of Topliss-reactive ketones (excluding diaryl/α,β-unsaturated/α-hetero) is 1. The lowest BCUT2D eigenvalue weighted by atomic mass is 9.71. The van der Waals surface area contributed by atoms with Crippen molar-refractivity contribution in [3.05, 3.63) is 0 Å². The summed E-state index contributed by atoms with van der Waals surface area (Å²) in [7, 11) is 0. The van der Waals surface area contributed by atoms with Crippen LogP contribution in [0.25, 0.3) is 0 Å². The van der Waals surface area contributed by atoms with Gasteiger partial charge in [0.15, 0.2) is 6.10 Å². The SMILES string of the molecule is C[C@]1([C@@H](O)C(=O)O)CCCCC1=O. The van der Waals surface area contributed by atoms with Crippen molar-refractivity contribution in [1.82, 2.24) is 0 Å². The molecule has 1 fully saturated rings. The summed E-state index contributed by atoms with van der Waals surface area (Å²) in [6.07, 6.45) is 0.924. The van der Waals surface area contributed by atoms with E-state index >= 15 is 0 Å². The summed E-state index contributed by atoms with van der Waals surface area (Å²) in [5.74, 6) is -1.44. The molecule has 1 aliphatic carbocycles. The van der Waals surface area contributed by atoms with Crippen molar-refractivity contribution in [1.29, 1.82) is 0 Å². The Kier molecular flexibility index (Phi) is 2.71. The van der Waals surface area contributed by atoms with Gasteiger partial charge >= 0.3 is 5.97 Å². The first-order chi connectivity index (χ1) is 5.98. The Hall–Kier alpha value is -0.900. The molecule has 0 heterocycles. The van der Waals surface area contributed by atoms with E-state index in [1.165, 1.54) is 6.92 Å². The molecule has 1 saturated carbocycles. The topological polar surface area (TPSA) is 74.6 Å². The molecule has 4 heteroatoms. The average molecular weight is 186 g/mol. The highest BCUT2D eigenvalue weighted by Crippen LogP contribution is 2.35. The predicted octanol–water partition coefficient (Wildman–Crippen LogP) is 0.581. The molecule has 1 aliphatic rings. The molecule has 0 saturated heterocycles. The molecule has 0 spiro atoms. The van der Waals surface area contributed by atoms with E-state index in [4.69, 9.17) is 5.11 Å². The van der Waals surface area contributed by atoms with Crippen molar-refractivity contribution in [2.45, 2.75) is 38.7 Å². The minimum absolute atomic E-state index is 0.131. The molecule has 2 atom stereocenters. The first kappa shape index (κ1) is 10.2. The van der Waals surface area contributed by atoms with Gasteiger partial charge in [0.05, 0.1) is 5.41 Å². The van der Waals surface area contributed by atoms with Crippen molar-refractivity contribution in [3.8, 4) is 0 Å². The summed E-state index contributed by atoms with van der Waals surface area (Å²) >= 11 is 0. The van der Waals surface area contributed by atoms with Gasteiger partial charge < -0.3 is 10.2 Å². The van der Waals surface area contributed by atoms with Crippen LogP contribution in [-0.2, 0) is 9.59 Å². The number of ketones is 1. The van der Waals surface area contributed by atoms with Gasteiger partial charge in [-0.1, -0.05) is 6.42 Å². The van der Waals surface area contributed by atoms with E-state index < -0.39 is 17.5 Å². The van der Waals surface area contributed by atoms with Gasteiger partial charge in [-0.2, -0.15) is 0 Å².